The number of amides is 1. The van der Waals surface area contributed by atoms with Gasteiger partial charge in [-0.1, -0.05) is 36.1 Å². The van der Waals surface area contributed by atoms with Gasteiger partial charge in [0.1, 0.15) is 10.9 Å². The Morgan fingerprint density at radius 3 is 2.94 bits per heavy atom. The SMILES string of the molecule is O=C(O)CN1C(=O)/C(=C2\C=CCC2)SC1=S. The molecule has 0 aromatic rings. The monoisotopic (exact) mass is 255 g/mol. The third kappa shape index (κ3) is 2.03. The molecule has 1 heterocycles. The van der Waals surface area contributed by atoms with Crippen LogP contribution in [0.4, 0.5) is 0 Å². The lowest BCUT2D eigenvalue weighted by atomic mass is 10.2. The van der Waals surface area contributed by atoms with E-state index < -0.39 is 5.97 Å². The molecule has 1 aliphatic carbocycles. The fourth-order valence-electron chi connectivity index (χ4n) is 1.60. The molecule has 0 saturated carbocycles. The Hall–Kier alpha value is -1.14. The summed E-state index contributed by atoms with van der Waals surface area (Å²) in [6, 6.07) is 0. The molecule has 1 N–H and O–H groups in total. The number of carboxylic acids is 1. The first-order valence-electron chi connectivity index (χ1n) is 4.75. The van der Waals surface area contributed by atoms with Gasteiger partial charge in [0.15, 0.2) is 0 Å². The van der Waals surface area contributed by atoms with E-state index in [-0.39, 0.29) is 12.5 Å². The topological polar surface area (TPSA) is 57.6 Å². The van der Waals surface area contributed by atoms with Gasteiger partial charge >= 0.3 is 5.97 Å². The molecule has 0 spiro atoms. The van der Waals surface area contributed by atoms with Gasteiger partial charge in [-0.3, -0.25) is 14.5 Å². The summed E-state index contributed by atoms with van der Waals surface area (Å²) in [6.45, 7) is -0.356. The van der Waals surface area contributed by atoms with Gasteiger partial charge in [0.05, 0.1) is 4.91 Å². The molecule has 16 heavy (non-hydrogen) atoms. The van der Waals surface area contributed by atoms with Crippen LogP contribution >= 0.6 is 24.0 Å². The summed E-state index contributed by atoms with van der Waals surface area (Å²) in [7, 11) is 0. The molecule has 0 bridgehead atoms. The van der Waals surface area contributed by atoms with Crippen molar-refractivity contribution in [2.45, 2.75) is 12.8 Å². The smallest absolute Gasteiger partial charge is 0.323 e. The number of nitrogens with zero attached hydrogens (tertiary/aromatic N) is 1. The van der Waals surface area contributed by atoms with Gasteiger partial charge in [0.2, 0.25) is 0 Å². The molecule has 4 nitrogen and oxygen atoms in total. The van der Waals surface area contributed by atoms with Crippen LogP contribution in [0.3, 0.4) is 0 Å². The van der Waals surface area contributed by atoms with E-state index in [0.717, 1.165) is 23.3 Å². The third-order valence-corrected chi connectivity index (χ3v) is 3.84. The first kappa shape index (κ1) is 11.3. The van der Waals surface area contributed by atoms with E-state index in [2.05, 4.69) is 0 Å². The Morgan fingerprint density at radius 2 is 2.38 bits per heavy atom. The number of hydrogen-bond donors (Lipinski definition) is 1. The molecule has 2 aliphatic rings. The van der Waals surface area contributed by atoms with Crippen LogP contribution in [-0.4, -0.2) is 32.7 Å². The molecule has 2 rings (SSSR count). The fourth-order valence-corrected chi connectivity index (χ4v) is 2.93. The summed E-state index contributed by atoms with van der Waals surface area (Å²) in [5.41, 5.74) is 0.963. The number of rotatable bonds is 2. The molecule has 1 fully saturated rings. The minimum atomic E-state index is -1.05. The number of thioether (sulfide) groups is 1. The molecule has 1 amide bonds. The highest BCUT2D eigenvalue weighted by Gasteiger charge is 2.35. The van der Waals surface area contributed by atoms with Crippen LogP contribution in [0.15, 0.2) is 22.6 Å². The van der Waals surface area contributed by atoms with Gasteiger partial charge in [-0.15, -0.1) is 0 Å². The molecule has 0 aromatic heterocycles. The zero-order valence-electron chi connectivity index (χ0n) is 8.30. The minimum Gasteiger partial charge on any atom is -0.480 e. The molecule has 0 unspecified atom stereocenters. The van der Waals surface area contributed by atoms with Crippen molar-refractivity contribution in [1.82, 2.24) is 4.90 Å². The second-order valence-corrected chi connectivity index (χ2v) is 5.09. The Kier molecular flexibility index (Phi) is 3.11. The molecular formula is C10H9NO3S2. The molecule has 0 atom stereocenters. The van der Waals surface area contributed by atoms with Gasteiger partial charge in [0.25, 0.3) is 5.91 Å². The van der Waals surface area contributed by atoms with Crippen LogP contribution in [-0.2, 0) is 9.59 Å². The van der Waals surface area contributed by atoms with Crippen LogP contribution in [0.5, 0.6) is 0 Å². The van der Waals surface area contributed by atoms with Crippen LogP contribution in [0, 0.1) is 0 Å². The van der Waals surface area contributed by atoms with E-state index in [4.69, 9.17) is 17.3 Å². The molecule has 1 saturated heterocycles. The maximum absolute atomic E-state index is 11.9. The number of hydrogen-bond acceptors (Lipinski definition) is 4. The lowest BCUT2D eigenvalue weighted by Gasteiger charge is -2.10. The molecular weight excluding hydrogens is 246 g/mol. The van der Waals surface area contributed by atoms with Crippen LogP contribution in [0.25, 0.3) is 0 Å². The Morgan fingerprint density at radius 1 is 1.62 bits per heavy atom. The summed E-state index contributed by atoms with van der Waals surface area (Å²) in [6.07, 6.45) is 5.67. The third-order valence-electron chi connectivity index (χ3n) is 2.33. The lowest BCUT2D eigenvalue weighted by Crippen LogP contribution is -2.33. The van der Waals surface area contributed by atoms with E-state index in [0.29, 0.717) is 9.23 Å². The first-order chi connectivity index (χ1) is 7.59. The Bertz CT molecular complexity index is 439. The summed E-state index contributed by atoms with van der Waals surface area (Å²) in [5, 5.41) is 8.67. The number of carbonyl (C=O) groups excluding carboxylic acids is 1. The number of thiocarbonyl (C=S) groups is 1. The van der Waals surface area contributed by atoms with E-state index >= 15 is 0 Å². The Balaban J connectivity index is 2.25. The summed E-state index contributed by atoms with van der Waals surface area (Å²) >= 11 is 6.19. The zero-order valence-corrected chi connectivity index (χ0v) is 9.94. The largest absolute Gasteiger partial charge is 0.480 e. The number of allylic oxidation sites excluding steroid dienone is 3. The lowest BCUT2D eigenvalue weighted by molar-refractivity contribution is -0.140. The summed E-state index contributed by atoms with van der Waals surface area (Å²) < 4.78 is 0.329. The molecule has 0 aromatic carbocycles. The molecule has 84 valence electrons. The quantitative estimate of drug-likeness (QED) is 0.599. The van der Waals surface area contributed by atoms with E-state index in [1.807, 2.05) is 12.2 Å². The van der Waals surface area contributed by atoms with E-state index in [9.17, 15) is 9.59 Å². The second-order valence-electron chi connectivity index (χ2n) is 3.45. The van der Waals surface area contributed by atoms with Crippen molar-refractivity contribution in [2.75, 3.05) is 6.54 Å². The van der Waals surface area contributed by atoms with Crippen molar-refractivity contribution >= 4 is 40.2 Å². The van der Waals surface area contributed by atoms with Crippen molar-refractivity contribution in [3.8, 4) is 0 Å². The maximum Gasteiger partial charge on any atom is 0.323 e. The predicted molar refractivity (Wildman–Crippen MR) is 64.9 cm³/mol. The van der Waals surface area contributed by atoms with Gasteiger partial charge < -0.3 is 5.11 Å². The summed E-state index contributed by atoms with van der Waals surface area (Å²) in [4.78, 5) is 24.2. The van der Waals surface area contributed by atoms with Crippen LogP contribution in [0.1, 0.15) is 12.8 Å². The van der Waals surface area contributed by atoms with Gasteiger partial charge in [-0.2, -0.15) is 0 Å². The minimum absolute atomic E-state index is 0.279. The standard InChI is InChI=1S/C10H9NO3S2/c12-7(13)5-11-9(14)8(16-10(11)15)6-3-1-2-4-6/h1,3H,2,4-5H2,(H,12,13)/b8-6-. The van der Waals surface area contributed by atoms with Crippen LogP contribution < -0.4 is 0 Å². The molecule has 1 aliphatic heterocycles. The highest BCUT2D eigenvalue weighted by atomic mass is 32.2. The van der Waals surface area contributed by atoms with Gasteiger partial charge in [0, 0.05) is 0 Å². The number of carbonyl (C=O) groups is 2. The number of aliphatic carboxylic acids is 1. The van der Waals surface area contributed by atoms with Crippen LogP contribution in [0.2, 0.25) is 0 Å². The zero-order chi connectivity index (χ0) is 11.7. The van der Waals surface area contributed by atoms with Crippen molar-refractivity contribution < 1.29 is 14.7 Å². The van der Waals surface area contributed by atoms with Crippen molar-refractivity contribution in [2.24, 2.45) is 0 Å². The number of carboxylic acid groups (broad SMARTS) is 1. The van der Waals surface area contributed by atoms with Crippen molar-refractivity contribution in [3.05, 3.63) is 22.6 Å². The normalized spacial score (nSPS) is 24.6. The average molecular weight is 255 g/mol. The van der Waals surface area contributed by atoms with Gasteiger partial charge in [-0.25, -0.2) is 0 Å². The fraction of sp³-hybridized carbons (Fsp3) is 0.300. The average Bonchev–Trinajstić information content (AvgIpc) is 2.80. The molecule has 0 radical (unpaired) electrons. The predicted octanol–water partition coefficient (Wildman–Crippen LogP) is 1.54. The highest BCUT2D eigenvalue weighted by Crippen LogP contribution is 2.36. The van der Waals surface area contributed by atoms with Crippen molar-refractivity contribution in [3.63, 3.8) is 0 Å². The van der Waals surface area contributed by atoms with Crippen molar-refractivity contribution in [1.29, 1.82) is 0 Å². The summed E-state index contributed by atoms with van der Waals surface area (Å²) in [5.74, 6) is -1.33. The molecule has 6 heteroatoms. The highest BCUT2D eigenvalue weighted by molar-refractivity contribution is 8.26. The van der Waals surface area contributed by atoms with Gasteiger partial charge in [-0.05, 0) is 18.4 Å². The second kappa shape index (κ2) is 4.39. The Labute approximate surface area is 102 Å². The maximum atomic E-state index is 11.9. The van der Waals surface area contributed by atoms with E-state index in [1.54, 1.807) is 0 Å². The van der Waals surface area contributed by atoms with E-state index in [1.165, 1.54) is 11.8 Å². The first-order valence-corrected chi connectivity index (χ1v) is 5.97.